The lowest BCUT2D eigenvalue weighted by Crippen LogP contribution is -2.05. The zero-order valence-electron chi connectivity index (χ0n) is 4.89. The lowest BCUT2D eigenvalue weighted by molar-refractivity contribution is 1.27. The normalized spacial score (nSPS) is 8.80. The van der Waals surface area contributed by atoms with Crippen LogP contribution in [-0.2, 0) is 0 Å². The van der Waals surface area contributed by atoms with Gasteiger partial charge in [-0.05, 0) is 0 Å². The lowest BCUT2D eigenvalue weighted by atomic mass is 10.3. The van der Waals surface area contributed by atoms with Gasteiger partial charge in [-0.1, -0.05) is 11.6 Å². The molecule has 0 radical (unpaired) electrons. The van der Waals surface area contributed by atoms with E-state index in [0.717, 1.165) is 0 Å². The number of nitrogens with one attached hydrogen (secondary N) is 1. The molecule has 10 heavy (non-hydrogen) atoms. The molecule has 4 heteroatoms. The van der Waals surface area contributed by atoms with E-state index in [2.05, 4.69) is 4.98 Å². The fraction of sp³-hybridized carbons (Fsp3) is 0. The van der Waals surface area contributed by atoms with Crippen LogP contribution in [0.4, 0.5) is 0 Å². The number of nitriles is 1. The summed E-state index contributed by atoms with van der Waals surface area (Å²) in [5, 5.41) is 8.36. The third-order valence-corrected chi connectivity index (χ3v) is 1.30. The molecule has 1 N–H and O–H groups in total. The Bertz CT molecular complexity index is 336. The van der Waals surface area contributed by atoms with E-state index in [4.69, 9.17) is 16.9 Å². The average molecular weight is 155 g/mol. The summed E-state index contributed by atoms with van der Waals surface area (Å²) in [7, 11) is 0. The van der Waals surface area contributed by atoms with Gasteiger partial charge in [0.1, 0.15) is 16.7 Å². The van der Waals surface area contributed by atoms with Crippen molar-refractivity contribution in [3.8, 4) is 6.07 Å². The Labute approximate surface area is 61.9 Å². The molecule has 0 amide bonds. The fourth-order valence-electron chi connectivity index (χ4n) is 0.541. The Morgan fingerprint density at radius 2 is 2.30 bits per heavy atom. The molecule has 1 aromatic heterocycles. The number of aromatic nitrogens is 1. The van der Waals surface area contributed by atoms with Gasteiger partial charge in [0, 0.05) is 12.4 Å². The summed E-state index contributed by atoms with van der Waals surface area (Å²) < 4.78 is 0. The van der Waals surface area contributed by atoms with Gasteiger partial charge in [-0.15, -0.1) is 0 Å². The van der Waals surface area contributed by atoms with Gasteiger partial charge in [-0.3, -0.25) is 4.79 Å². The highest BCUT2D eigenvalue weighted by atomic mass is 35.5. The third kappa shape index (κ3) is 1.02. The minimum Gasteiger partial charge on any atom is -0.365 e. The van der Waals surface area contributed by atoms with E-state index in [0.29, 0.717) is 0 Å². The maximum absolute atomic E-state index is 10.8. The Morgan fingerprint density at radius 3 is 2.80 bits per heavy atom. The van der Waals surface area contributed by atoms with Crippen molar-refractivity contribution in [3.05, 3.63) is 33.2 Å². The number of nitrogens with zero attached hydrogens (tertiary/aromatic N) is 1. The highest BCUT2D eigenvalue weighted by Gasteiger charge is 1.99. The molecular formula is C6H3ClN2O. The zero-order chi connectivity index (χ0) is 7.56. The summed E-state index contributed by atoms with van der Waals surface area (Å²) >= 11 is 5.40. The number of rotatable bonds is 0. The number of hydrogen-bond donors (Lipinski definition) is 1. The van der Waals surface area contributed by atoms with Crippen LogP contribution in [-0.4, -0.2) is 4.98 Å². The maximum Gasteiger partial charge on any atom is 0.217 e. The highest BCUT2D eigenvalue weighted by molar-refractivity contribution is 6.30. The summed E-state index contributed by atoms with van der Waals surface area (Å²) in [5.74, 6) is 0. The van der Waals surface area contributed by atoms with Gasteiger partial charge in [-0.25, -0.2) is 0 Å². The first kappa shape index (κ1) is 6.84. The summed E-state index contributed by atoms with van der Waals surface area (Å²) in [6.45, 7) is 0. The molecule has 0 saturated carbocycles. The SMILES string of the molecule is N#Cc1c[nH]cc(Cl)c1=O. The van der Waals surface area contributed by atoms with Gasteiger partial charge in [0.2, 0.25) is 5.43 Å². The van der Waals surface area contributed by atoms with Crippen LogP contribution in [0.15, 0.2) is 17.2 Å². The summed E-state index contributed by atoms with van der Waals surface area (Å²) in [6, 6.07) is 1.71. The number of hydrogen-bond acceptors (Lipinski definition) is 2. The summed E-state index contributed by atoms with van der Waals surface area (Å²) in [6.07, 6.45) is 2.65. The molecule has 0 aliphatic heterocycles. The van der Waals surface area contributed by atoms with Gasteiger partial charge in [0.25, 0.3) is 0 Å². The second-order valence-corrected chi connectivity index (χ2v) is 2.07. The highest BCUT2D eigenvalue weighted by Crippen LogP contribution is 1.97. The molecule has 0 unspecified atom stereocenters. The average Bonchev–Trinajstić information content (AvgIpc) is 1.95. The van der Waals surface area contributed by atoms with Crippen molar-refractivity contribution >= 4 is 11.6 Å². The Hall–Kier alpha value is -1.27. The Morgan fingerprint density at radius 1 is 1.60 bits per heavy atom. The molecule has 0 aromatic carbocycles. The Kier molecular flexibility index (Phi) is 1.74. The van der Waals surface area contributed by atoms with Crippen LogP contribution < -0.4 is 5.43 Å². The van der Waals surface area contributed by atoms with Crippen molar-refractivity contribution in [3.63, 3.8) is 0 Å². The van der Waals surface area contributed by atoms with E-state index in [1.165, 1.54) is 12.4 Å². The third-order valence-electron chi connectivity index (χ3n) is 1.02. The molecule has 1 rings (SSSR count). The summed E-state index contributed by atoms with van der Waals surface area (Å²) in [4.78, 5) is 13.4. The van der Waals surface area contributed by atoms with E-state index in [-0.39, 0.29) is 10.6 Å². The predicted octanol–water partition coefficient (Wildman–Crippen LogP) is 0.900. The largest absolute Gasteiger partial charge is 0.365 e. The van der Waals surface area contributed by atoms with Crippen LogP contribution in [0.3, 0.4) is 0 Å². The topological polar surface area (TPSA) is 56.6 Å². The number of pyridine rings is 1. The zero-order valence-corrected chi connectivity index (χ0v) is 5.64. The molecular weight excluding hydrogens is 152 g/mol. The van der Waals surface area contributed by atoms with Crippen LogP contribution in [0.5, 0.6) is 0 Å². The molecule has 0 atom stereocenters. The van der Waals surface area contributed by atoms with Crippen LogP contribution in [0, 0.1) is 11.3 Å². The standard InChI is InChI=1S/C6H3ClN2O/c7-5-3-9-2-4(1-8)6(5)10/h2-3H,(H,9,10). The number of H-pyrrole nitrogens is 1. The number of aromatic amines is 1. The molecule has 3 nitrogen and oxygen atoms in total. The first-order valence-electron chi connectivity index (χ1n) is 2.52. The second kappa shape index (κ2) is 2.54. The molecule has 0 bridgehead atoms. The minimum atomic E-state index is -0.428. The quantitative estimate of drug-likeness (QED) is 0.604. The van der Waals surface area contributed by atoms with Gasteiger partial charge >= 0.3 is 0 Å². The molecule has 0 aliphatic rings. The van der Waals surface area contributed by atoms with E-state index in [1.807, 2.05) is 0 Å². The number of halogens is 1. The molecule has 0 spiro atoms. The smallest absolute Gasteiger partial charge is 0.217 e. The maximum atomic E-state index is 10.8. The van der Waals surface area contributed by atoms with Crippen molar-refractivity contribution in [2.24, 2.45) is 0 Å². The van der Waals surface area contributed by atoms with Crippen molar-refractivity contribution in [2.45, 2.75) is 0 Å². The van der Waals surface area contributed by atoms with Gasteiger partial charge in [-0.2, -0.15) is 5.26 Å². The van der Waals surface area contributed by atoms with Crippen LogP contribution in [0.1, 0.15) is 5.56 Å². The van der Waals surface area contributed by atoms with Gasteiger partial charge < -0.3 is 4.98 Å². The van der Waals surface area contributed by atoms with E-state index in [9.17, 15) is 4.79 Å². The Balaban J connectivity index is 3.47. The lowest BCUT2D eigenvalue weighted by Gasteiger charge is -1.87. The predicted molar refractivity (Wildman–Crippen MR) is 36.8 cm³/mol. The van der Waals surface area contributed by atoms with E-state index in [1.54, 1.807) is 6.07 Å². The van der Waals surface area contributed by atoms with Crippen molar-refractivity contribution in [1.29, 1.82) is 5.26 Å². The van der Waals surface area contributed by atoms with Crippen molar-refractivity contribution in [2.75, 3.05) is 0 Å². The second-order valence-electron chi connectivity index (χ2n) is 1.66. The van der Waals surface area contributed by atoms with E-state index >= 15 is 0 Å². The molecule has 0 fully saturated rings. The molecule has 0 saturated heterocycles. The van der Waals surface area contributed by atoms with Crippen LogP contribution in [0.2, 0.25) is 5.02 Å². The van der Waals surface area contributed by atoms with Gasteiger partial charge in [0.05, 0.1) is 0 Å². The van der Waals surface area contributed by atoms with Crippen molar-refractivity contribution in [1.82, 2.24) is 4.98 Å². The van der Waals surface area contributed by atoms with Gasteiger partial charge in [0.15, 0.2) is 0 Å². The monoisotopic (exact) mass is 154 g/mol. The summed E-state index contributed by atoms with van der Waals surface area (Å²) in [5.41, 5.74) is -0.393. The molecule has 50 valence electrons. The fourth-order valence-corrected chi connectivity index (χ4v) is 0.706. The van der Waals surface area contributed by atoms with Crippen LogP contribution >= 0.6 is 11.6 Å². The van der Waals surface area contributed by atoms with Crippen molar-refractivity contribution < 1.29 is 0 Å². The molecule has 0 aliphatic carbocycles. The molecule has 1 aromatic rings. The first-order chi connectivity index (χ1) is 4.75. The molecule has 1 heterocycles. The van der Waals surface area contributed by atoms with E-state index < -0.39 is 5.43 Å². The minimum absolute atomic E-state index is 0.0347. The van der Waals surface area contributed by atoms with Crippen LogP contribution in [0.25, 0.3) is 0 Å². The first-order valence-corrected chi connectivity index (χ1v) is 2.90.